The van der Waals surface area contributed by atoms with Crippen LogP contribution in [-0.2, 0) is 23.0 Å². The maximum Gasteiger partial charge on any atom is 0.242 e. The summed E-state index contributed by atoms with van der Waals surface area (Å²) in [5, 5.41) is 0. The minimum atomic E-state index is -3.76. The molecule has 2 aromatic heterocycles. The number of hydrogen-bond acceptors (Lipinski definition) is 4. The van der Waals surface area contributed by atoms with E-state index in [1.807, 2.05) is 17.7 Å². The normalized spacial score (nSPS) is 18.5. The van der Waals surface area contributed by atoms with Crippen molar-refractivity contribution in [3.63, 3.8) is 0 Å². The molecule has 6 nitrogen and oxygen atoms in total. The van der Waals surface area contributed by atoms with Crippen molar-refractivity contribution in [3.05, 3.63) is 42.0 Å². The maximum atomic E-state index is 13.1. The van der Waals surface area contributed by atoms with Gasteiger partial charge < -0.3 is 4.57 Å². The van der Waals surface area contributed by atoms with Crippen LogP contribution in [0.25, 0.3) is 0 Å². The van der Waals surface area contributed by atoms with Crippen LogP contribution in [0.1, 0.15) is 17.9 Å². The third-order valence-electron chi connectivity index (χ3n) is 3.43. The van der Waals surface area contributed by atoms with Crippen LogP contribution in [0.3, 0.4) is 0 Å². The SMILES string of the molecule is Cc1cn2c(n1)CCC(NS(=O)(=O)c1cncc(F)c1)C2. The van der Waals surface area contributed by atoms with Gasteiger partial charge in [-0.3, -0.25) is 4.98 Å². The Morgan fingerprint density at radius 2 is 2.24 bits per heavy atom. The Labute approximate surface area is 122 Å². The van der Waals surface area contributed by atoms with Gasteiger partial charge in [0.1, 0.15) is 16.5 Å². The standard InChI is InChI=1S/C13H15FN4O2S/c1-9-7-18-8-11(2-3-13(18)16-9)17-21(19,20)12-4-10(14)5-15-6-12/h4-7,11,17H,2-3,8H2,1H3. The first-order valence-corrected chi connectivity index (χ1v) is 8.08. The van der Waals surface area contributed by atoms with Crippen molar-refractivity contribution in [2.45, 2.75) is 37.2 Å². The minimum Gasteiger partial charge on any atom is -0.333 e. The summed E-state index contributed by atoms with van der Waals surface area (Å²) in [6.07, 6.45) is 5.39. The number of imidazole rings is 1. The summed E-state index contributed by atoms with van der Waals surface area (Å²) in [6, 6.07) is 0.727. The number of sulfonamides is 1. The average molecular weight is 310 g/mol. The second-order valence-corrected chi connectivity index (χ2v) is 6.86. The number of hydrogen-bond donors (Lipinski definition) is 1. The van der Waals surface area contributed by atoms with E-state index in [1.54, 1.807) is 0 Å². The van der Waals surface area contributed by atoms with Gasteiger partial charge in [0.15, 0.2) is 0 Å². The highest BCUT2D eigenvalue weighted by Crippen LogP contribution is 2.17. The lowest BCUT2D eigenvalue weighted by Crippen LogP contribution is -2.40. The molecule has 1 unspecified atom stereocenters. The van der Waals surface area contributed by atoms with Crippen LogP contribution in [0.5, 0.6) is 0 Å². The fourth-order valence-corrected chi connectivity index (χ4v) is 3.74. The molecule has 0 radical (unpaired) electrons. The third-order valence-corrected chi connectivity index (χ3v) is 4.91. The number of aromatic nitrogens is 3. The molecule has 0 saturated carbocycles. The number of pyridine rings is 1. The molecule has 1 N–H and O–H groups in total. The highest BCUT2D eigenvalue weighted by atomic mass is 32.2. The fraction of sp³-hybridized carbons (Fsp3) is 0.385. The predicted molar refractivity (Wildman–Crippen MR) is 73.6 cm³/mol. The lowest BCUT2D eigenvalue weighted by molar-refractivity contribution is 0.421. The summed E-state index contributed by atoms with van der Waals surface area (Å²) < 4.78 is 42.1. The maximum absolute atomic E-state index is 13.1. The Balaban J connectivity index is 1.78. The molecule has 3 rings (SSSR count). The van der Waals surface area contributed by atoms with Crippen LogP contribution >= 0.6 is 0 Å². The molecule has 0 saturated heterocycles. The zero-order chi connectivity index (χ0) is 15.0. The molecular formula is C13H15FN4O2S. The van der Waals surface area contributed by atoms with Crippen LogP contribution in [0.4, 0.5) is 4.39 Å². The predicted octanol–water partition coefficient (Wildman–Crippen LogP) is 1.02. The van der Waals surface area contributed by atoms with Crippen LogP contribution in [0.15, 0.2) is 29.6 Å². The topological polar surface area (TPSA) is 76.9 Å². The molecule has 0 aromatic carbocycles. The smallest absolute Gasteiger partial charge is 0.242 e. The molecule has 1 aliphatic rings. The molecule has 3 heterocycles. The van der Waals surface area contributed by atoms with Crippen molar-refractivity contribution in [2.75, 3.05) is 0 Å². The van der Waals surface area contributed by atoms with Gasteiger partial charge in [-0.05, 0) is 19.4 Å². The zero-order valence-corrected chi connectivity index (χ0v) is 12.3. The van der Waals surface area contributed by atoms with Crippen molar-refractivity contribution in [2.24, 2.45) is 0 Å². The number of nitrogens with one attached hydrogen (secondary N) is 1. The van der Waals surface area contributed by atoms with Gasteiger partial charge in [-0.1, -0.05) is 0 Å². The van der Waals surface area contributed by atoms with Crippen molar-refractivity contribution >= 4 is 10.0 Å². The number of aryl methyl sites for hydroxylation is 2. The van der Waals surface area contributed by atoms with E-state index in [1.165, 1.54) is 0 Å². The monoisotopic (exact) mass is 310 g/mol. The Kier molecular flexibility index (Phi) is 3.50. The summed E-state index contributed by atoms with van der Waals surface area (Å²) >= 11 is 0. The second-order valence-electron chi connectivity index (χ2n) is 5.15. The van der Waals surface area contributed by atoms with E-state index in [4.69, 9.17) is 0 Å². The van der Waals surface area contributed by atoms with E-state index < -0.39 is 15.8 Å². The average Bonchev–Trinajstić information content (AvgIpc) is 2.77. The zero-order valence-electron chi connectivity index (χ0n) is 11.5. The number of halogens is 1. The van der Waals surface area contributed by atoms with E-state index in [0.29, 0.717) is 19.4 Å². The Bertz CT molecular complexity index is 772. The lowest BCUT2D eigenvalue weighted by atomic mass is 10.1. The van der Waals surface area contributed by atoms with Gasteiger partial charge in [0.05, 0.1) is 11.9 Å². The van der Waals surface area contributed by atoms with Gasteiger partial charge in [0.25, 0.3) is 0 Å². The first kappa shape index (κ1) is 14.2. The molecular weight excluding hydrogens is 295 g/mol. The molecule has 21 heavy (non-hydrogen) atoms. The van der Waals surface area contributed by atoms with Crippen molar-refractivity contribution in [3.8, 4) is 0 Å². The van der Waals surface area contributed by atoms with Gasteiger partial charge >= 0.3 is 0 Å². The van der Waals surface area contributed by atoms with Crippen LogP contribution in [0.2, 0.25) is 0 Å². The third kappa shape index (κ3) is 2.96. The summed E-state index contributed by atoms with van der Waals surface area (Å²) in [5.74, 6) is 0.296. The minimum absolute atomic E-state index is 0.157. The fourth-order valence-electron chi connectivity index (χ4n) is 2.51. The molecule has 1 atom stereocenters. The summed E-state index contributed by atoms with van der Waals surface area (Å²) in [7, 11) is -3.76. The molecule has 0 fully saturated rings. The van der Waals surface area contributed by atoms with Crippen molar-refractivity contribution < 1.29 is 12.8 Å². The molecule has 8 heteroatoms. The Morgan fingerprint density at radius 3 is 3.00 bits per heavy atom. The molecule has 112 valence electrons. The summed E-state index contributed by atoms with van der Waals surface area (Å²) in [6.45, 7) is 2.43. The first-order chi connectivity index (χ1) is 9.94. The van der Waals surface area contributed by atoms with Gasteiger partial charge in [-0.15, -0.1) is 0 Å². The molecule has 0 spiro atoms. The van der Waals surface area contributed by atoms with Crippen LogP contribution in [0, 0.1) is 12.7 Å². The van der Waals surface area contributed by atoms with Gasteiger partial charge in [0, 0.05) is 31.4 Å². The highest BCUT2D eigenvalue weighted by molar-refractivity contribution is 7.89. The summed E-state index contributed by atoms with van der Waals surface area (Å²) in [5.41, 5.74) is 0.919. The molecule has 1 aliphatic heterocycles. The van der Waals surface area contributed by atoms with Gasteiger partial charge in [-0.25, -0.2) is 22.5 Å². The first-order valence-electron chi connectivity index (χ1n) is 6.59. The van der Waals surface area contributed by atoms with E-state index >= 15 is 0 Å². The van der Waals surface area contributed by atoms with Gasteiger partial charge in [0.2, 0.25) is 10.0 Å². The molecule has 0 aliphatic carbocycles. The quantitative estimate of drug-likeness (QED) is 0.918. The van der Waals surface area contributed by atoms with Crippen LogP contribution < -0.4 is 4.72 Å². The number of nitrogens with zero attached hydrogens (tertiary/aromatic N) is 3. The number of fused-ring (bicyclic) bond motifs is 1. The Hall–Kier alpha value is -1.80. The van der Waals surface area contributed by atoms with E-state index in [2.05, 4.69) is 14.7 Å². The van der Waals surface area contributed by atoms with Gasteiger partial charge in [-0.2, -0.15) is 0 Å². The summed E-state index contributed by atoms with van der Waals surface area (Å²) in [4.78, 5) is 7.79. The lowest BCUT2D eigenvalue weighted by Gasteiger charge is -2.24. The van der Waals surface area contributed by atoms with Crippen LogP contribution in [-0.4, -0.2) is 29.0 Å². The molecule has 0 amide bonds. The van der Waals surface area contributed by atoms with Crippen molar-refractivity contribution in [1.29, 1.82) is 0 Å². The molecule has 0 bridgehead atoms. The second kappa shape index (κ2) is 5.19. The largest absolute Gasteiger partial charge is 0.333 e. The van der Waals surface area contributed by atoms with E-state index in [9.17, 15) is 12.8 Å². The Morgan fingerprint density at radius 1 is 1.43 bits per heavy atom. The van der Waals surface area contributed by atoms with Crippen molar-refractivity contribution in [1.82, 2.24) is 19.3 Å². The van der Waals surface area contributed by atoms with E-state index in [-0.39, 0.29) is 10.9 Å². The number of rotatable bonds is 3. The molecule has 2 aromatic rings. The van der Waals surface area contributed by atoms with E-state index in [0.717, 1.165) is 30.0 Å². The highest BCUT2D eigenvalue weighted by Gasteiger charge is 2.25.